The van der Waals surface area contributed by atoms with Crippen molar-refractivity contribution in [2.75, 3.05) is 19.0 Å². The van der Waals surface area contributed by atoms with Gasteiger partial charge in [0.15, 0.2) is 0 Å². The molecular formula is C21H22BrNO4S. The highest BCUT2D eigenvalue weighted by Gasteiger charge is 2.26. The zero-order valence-corrected chi connectivity index (χ0v) is 18.2. The van der Waals surface area contributed by atoms with Gasteiger partial charge < -0.3 is 14.8 Å². The highest BCUT2D eigenvalue weighted by molar-refractivity contribution is 9.10. The summed E-state index contributed by atoms with van der Waals surface area (Å²) in [5.74, 6) is 0.0844. The molecule has 1 heterocycles. The van der Waals surface area contributed by atoms with Gasteiger partial charge in [0.1, 0.15) is 10.8 Å². The van der Waals surface area contributed by atoms with E-state index in [1.54, 1.807) is 20.1 Å². The quantitative estimate of drug-likeness (QED) is 0.470. The van der Waals surface area contributed by atoms with Crippen molar-refractivity contribution in [3.63, 3.8) is 0 Å². The lowest BCUT2D eigenvalue weighted by molar-refractivity contribution is -0.111. The third-order valence-corrected chi connectivity index (χ3v) is 6.32. The first-order valence-electron chi connectivity index (χ1n) is 9.17. The van der Waals surface area contributed by atoms with Crippen molar-refractivity contribution >= 4 is 50.2 Å². The number of benzene rings is 1. The van der Waals surface area contributed by atoms with E-state index in [1.165, 1.54) is 22.3 Å². The number of nitrogens with one attached hydrogen (secondary N) is 1. The molecule has 0 unspecified atom stereocenters. The van der Waals surface area contributed by atoms with Gasteiger partial charge in [0, 0.05) is 11.0 Å². The Labute approximate surface area is 176 Å². The van der Waals surface area contributed by atoms with Crippen LogP contribution in [0.4, 0.5) is 5.00 Å². The van der Waals surface area contributed by atoms with E-state index in [2.05, 4.69) is 21.2 Å². The Kier molecular flexibility index (Phi) is 6.91. The van der Waals surface area contributed by atoms with Gasteiger partial charge in [-0.15, -0.1) is 11.3 Å². The van der Waals surface area contributed by atoms with E-state index in [1.807, 2.05) is 18.2 Å². The van der Waals surface area contributed by atoms with E-state index in [-0.39, 0.29) is 11.9 Å². The Balaban J connectivity index is 1.79. The van der Waals surface area contributed by atoms with Gasteiger partial charge in [0.25, 0.3) is 0 Å². The molecule has 0 saturated heterocycles. The van der Waals surface area contributed by atoms with E-state index in [9.17, 15) is 9.59 Å². The minimum atomic E-state index is -0.361. The summed E-state index contributed by atoms with van der Waals surface area (Å²) in [4.78, 5) is 26.1. The summed E-state index contributed by atoms with van der Waals surface area (Å²) in [6.07, 6.45) is 7.13. The molecule has 3 rings (SSSR count). The monoisotopic (exact) mass is 463 g/mol. The third kappa shape index (κ3) is 4.64. The molecule has 5 nitrogen and oxygen atoms in total. The Bertz CT molecular complexity index is 919. The summed E-state index contributed by atoms with van der Waals surface area (Å²) in [6.45, 7) is 2.09. The number of fused-ring (bicyclic) bond motifs is 1. The van der Waals surface area contributed by atoms with Crippen molar-refractivity contribution in [2.45, 2.75) is 32.6 Å². The fraction of sp³-hybridized carbons (Fsp3) is 0.333. The average Bonchev–Trinajstić information content (AvgIpc) is 3.04. The van der Waals surface area contributed by atoms with Crippen LogP contribution < -0.4 is 10.1 Å². The van der Waals surface area contributed by atoms with Crippen LogP contribution in [0.25, 0.3) is 6.08 Å². The molecule has 0 saturated carbocycles. The van der Waals surface area contributed by atoms with Crippen LogP contribution in [-0.4, -0.2) is 25.6 Å². The number of thiophene rings is 1. The Hall–Kier alpha value is -2.12. The summed E-state index contributed by atoms with van der Waals surface area (Å²) in [7, 11) is 1.60. The van der Waals surface area contributed by atoms with E-state index in [0.717, 1.165) is 47.0 Å². The van der Waals surface area contributed by atoms with Gasteiger partial charge >= 0.3 is 5.97 Å². The lowest BCUT2D eigenvalue weighted by Gasteiger charge is -2.12. The van der Waals surface area contributed by atoms with Crippen LogP contribution in [0, 0.1) is 0 Å². The third-order valence-electron chi connectivity index (χ3n) is 4.49. The van der Waals surface area contributed by atoms with Crippen molar-refractivity contribution in [3.8, 4) is 5.75 Å². The SMILES string of the molecule is CCOC(=O)c1c(NC(=O)C=Cc2ccc(OC)c(Br)c2)sc2c1CCCC2. The average molecular weight is 464 g/mol. The predicted molar refractivity (Wildman–Crippen MR) is 115 cm³/mol. The Morgan fingerprint density at radius 3 is 2.79 bits per heavy atom. The topological polar surface area (TPSA) is 64.6 Å². The molecule has 1 aliphatic rings. The Morgan fingerprint density at radius 1 is 1.29 bits per heavy atom. The molecule has 1 aliphatic carbocycles. The molecule has 28 heavy (non-hydrogen) atoms. The number of anilines is 1. The maximum Gasteiger partial charge on any atom is 0.341 e. The molecule has 0 radical (unpaired) electrons. The first-order chi connectivity index (χ1) is 13.5. The molecule has 1 N–H and O–H groups in total. The number of esters is 1. The zero-order chi connectivity index (χ0) is 20.1. The normalized spacial score (nSPS) is 13.2. The summed E-state index contributed by atoms with van der Waals surface area (Å²) < 4.78 is 11.2. The number of hydrogen-bond donors (Lipinski definition) is 1. The highest BCUT2D eigenvalue weighted by Crippen LogP contribution is 2.38. The largest absolute Gasteiger partial charge is 0.496 e. The van der Waals surface area contributed by atoms with Crippen molar-refractivity contribution < 1.29 is 19.1 Å². The highest BCUT2D eigenvalue weighted by atomic mass is 79.9. The summed E-state index contributed by atoms with van der Waals surface area (Å²) >= 11 is 4.91. The van der Waals surface area contributed by atoms with Crippen molar-refractivity contribution in [2.24, 2.45) is 0 Å². The number of carbonyl (C=O) groups excluding carboxylic acids is 2. The number of ether oxygens (including phenoxy) is 2. The lowest BCUT2D eigenvalue weighted by atomic mass is 9.95. The van der Waals surface area contributed by atoms with Gasteiger partial charge in [-0.25, -0.2) is 4.79 Å². The summed E-state index contributed by atoms with van der Waals surface area (Å²) in [5, 5.41) is 3.45. The van der Waals surface area contributed by atoms with Gasteiger partial charge in [-0.2, -0.15) is 0 Å². The molecular weight excluding hydrogens is 442 g/mol. The van der Waals surface area contributed by atoms with Crippen LogP contribution in [0.5, 0.6) is 5.75 Å². The number of methoxy groups -OCH3 is 1. The van der Waals surface area contributed by atoms with Gasteiger partial charge in [0.2, 0.25) is 5.91 Å². The minimum absolute atomic E-state index is 0.281. The van der Waals surface area contributed by atoms with Crippen molar-refractivity contribution in [1.82, 2.24) is 0 Å². The number of amides is 1. The van der Waals surface area contributed by atoms with E-state index in [4.69, 9.17) is 9.47 Å². The standard InChI is InChI=1S/C21H22BrNO4S/c1-3-27-21(25)19-14-6-4-5-7-17(14)28-20(19)23-18(24)11-9-13-8-10-16(26-2)15(22)12-13/h8-12H,3-7H2,1-2H3,(H,23,24). The fourth-order valence-electron chi connectivity index (χ4n) is 3.18. The van der Waals surface area contributed by atoms with Crippen LogP contribution >= 0.6 is 27.3 Å². The predicted octanol–water partition coefficient (Wildman–Crippen LogP) is 5.23. The Morgan fingerprint density at radius 2 is 2.07 bits per heavy atom. The molecule has 0 aliphatic heterocycles. The van der Waals surface area contributed by atoms with E-state index in [0.29, 0.717) is 17.2 Å². The number of rotatable bonds is 6. The molecule has 148 valence electrons. The van der Waals surface area contributed by atoms with Gasteiger partial charge in [-0.3, -0.25) is 4.79 Å². The van der Waals surface area contributed by atoms with Crippen LogP contribution in [0.15, 0.2) is 28.7 Å². The molecule has 1 aromatic carbocycles. The molecule has 0 spiro atoms. The number of aryl methyl sites for hydroxylation is 1. The zero-order valence-electron chi connectivity index (χ0n) is 15.8. The fourth-order valence-corrected chi connectivity index (χ4v) is 5.02. The van der Waals surface area contributed by atoms with Gasteiger partial charge in [0.05, 0.1) is 23.8 Å². The number of halogens is 1. The molecule has 0 bridgehead atoms. The first-order valence-corrected chi connectivity index (χ1v) is 10.8. The number of carbonyl (C=O) groups is 2. The molecule has 0 fully saturated rings. The van der Waals surface area contributed by atoms with Crippen LogP contribution in [-0.2, 0) is 22.4 Å². The van der Waals surface area contributed by atoms with Crippen LogP contribution in [0.3, 0.4) is 0 Å². The van der Waals surface area contributed by atoms with E-state index < -0.39 is 0 Å². The van der Waals surface area contributed by atoms with Gasteiger partial charge in [-0.1, -0.05) is 6.07 Å². The smallest absolute Gasteiger partial charge is 0.341 e. The maximum atomic E-state index is 12.5. The molecule has 1 amide bonds. The molecule has 1 aromatic heterocycles. The molecule has 7 heteroatoms. The first kappa shape index (κ1) is 20.6. The van der Waals surface area contributed by atoms with Crippen LogP contribution in [0.2, 0.25) is 0 Å². The lowest BCUT2D eigenvalue weighted by Crippen LogP contribution is -2.14. The molecule has 2 aromatic rings. The second-order valence-corrected chi connectivity index (χ2v) is 8.31. The summed E-state index contributed by atoms with van der Waals surface area (Å²) in [5.41, 5.74) is 2.42. The van der Waals surface area contributed by atoms with Gasteiger partial charge in [-0.05, 0) is 77.9 Å². The second kappa shape index (κ2) is 9.39. The number of hydrogen-bond acceptors (Lipinski definition) is 5. The maximum absolute atomic E-state index is 12.5. The van der Waals surface area contributed by atoms with Crippen molar-refractivity contribution in [3.05, 3.63) is 50.3 Å². The summed E-state index contributed by atoms with van der Waals surface area (Å²) in [6, 6.07) is 5.56. The van der Waals surface area contributed by atoms with Crippen molar-refractivity contribution in [1.29, 1.82) is 0 Å². The second-order valence-electron chi connectivity index (χ2n) is 6.35. The molecule has 0 atom stereocenters. The van der Waals surface area contributed by atoms with E-state index >= 15 is 0 Å². The van der Waals surface area contributed by atoms with Crippen LogP contribution in [0.1, 0.15) is 46.1 Å². The minimum Gasteiger partial charge on any atom is -0.496 e.